The van der Waals surface area contributed by atoms with Crippen LogP contribution in [-0.4, -0.2) is 32.7 Å². The number of thiazole rings is 1. The molecule has 0 amide bonds. The second-order valence-corrected chi connectivity index (χ2v) is 6.13. The van der Waals surface area contributed by atoms with Gasteiger partial charge >= 0.3 is 0 Å². The monoisotopic (exact) mass is 305 g/mol. The molecule has 0 aliphatic carbocycles. The number of hydrogen-bond acceptors (Lipinski definition) is 5. The maximum Gasteiger partial charge on any atom is 0.124 e. The van der Waals surface area contributed by atoms with Gasteiger partial charge in [0.15, 0.2) is 0 Å². The SMILES string of the molecule is CCNCc1sc(-c2ccc(N(C)C)cc2)nc1COC. The molecule has 5 heteroatoms. The van der Waals surface area contributed by atoms with Crippen molar-refractivity contribution in [2.75, 3.05) is 32.6 Å². The Bertz CT molecular complexity index is 563. The fraction of sp³-hybridized carbons (Fsp3) is 0.438. The van der Waals surface area contributed by atoms with E-state index in [1.165, 1.54) is 10.6 Å². The van der Waals surface area contributed by atoms with Crippen LogP contribution in [0.1, 0.15) is 17.5 Å². The van der Waals surface area contributed by atoms with Gasteiger partial charge in [0.05, 0.1) is 12.3 Å². The van der Waals surface area contributed by atoms with Crippen molar-refractivity contribution < 1.29 is 4.74 Å². The summed E-state index contributed by atoms with van der Waals surface area (Å²) in [7, 11) is 5.80. The van der Waals surface area contributed by atoms with Crippen LogP contribution in [0.15, 0.2) is 24.3 Å². The molecule has 4 nitrogen and oxygen atoms in total. The molecule has 0 aliphatic heterocycles. The first-order valence-electron chi connectivity index (χ1n) is 7.11. The van der Waals surface area contributed by atoms with Crippen LogP contribution in [0.4, 0.5) is 5.69 Å². The standard InChI is InChI=1S/C16H23N3OS/c1-5-17-10-15-14(11-20-4)18-16(21-15)12-6-8-13(9-7-12)19(2)3/h6-9,17H,5,10-11H2,1-4H3. The van der Waals surface area contributed by atoms with Crippen LogP contribution >= 0.6 is 11.3 Å². The Hall–Kier alpha value is -1.43. The van der Waals surface area contributed by atoms with Gasteiger partial charge in [0.25, 0.3) is 0 Å². The van der Waals surface area contributed by atoms with E-state index in [0.717, 1.165) is 29.4 Å². The Morgan fingerprint density at radius 1 is 1.24 bits per heavy atom. The summed E-state index contributed by atoms with van der Waals surface area (Å²) in [4.78, 5) is 8.09. The summed E-state index contributed by atoms with van der Waals surface area (Å²) in [5.41, 5.74) is 3.39. The van der Waals surface area contributed by atoms with Gasteiger partial charge in [-0.3, -0.25) is 0 Å². The summed E-state index contributed by atoms with van der Waals surface area (Å²) in [5, 5.41) is 4.42. The van der Waals surface area contributed by atoms with E-state index in [9.17, 15) is 0 Å². The maximum absolute atomic E-state index is 5.26. The number of ether oxygens (including phenoxy) is 1. The molecule has 0 fully saturated rings. The third-order valence-electron chi connectivity index (χ3n) is 3.23. The Morgan fingerprint density at radius 2 is 1.95 bits per heavy atom. The van der Waals surface area contributed by atoms with Gasteiger partial charge in [-0.15, -0.1) is 11.3 Å². The minimum absolute atomic E-state index is 0.563. The molecule has 0 radical (unpaired) electrons. The van der Waals surface area contributed by atoms with Crippen LogP contribution in [0, 0.1) is 0 Å². The van der Waals surface area contributed by atoms with Crippen LogP contribution in [0.25, 0.3) is 10.6 Å². The molecule has 1 aromatic heterocycles. The van der Waals surface area contributed by atoms with E-state index in [1.807, 2.05) is 14.1 Å². The number of methoxy groups -OCH3 is 1. The van der Waals surface area contributed by atoms with Gasteiger partial charge in [-0.25, -0.2) is 4.98 Å². The Labute approximate surface area is 130 Å². The number of anilines is 1. The quantitative estimate of drug-likeness (QED) is 0.853. The molecule has 0 bridgehead atoms. The van der Waals surface area contributed by atoms with Crippen LogP contribution in [0.5, 0.6) is 0 Å². The molecule has 0 spiro atoms. The van der Waals surface area contributed by atoms with Crippen LogP contribution in [0.2, 0.25) is 0 Å². The average Bonchev–Trinajstić information content (AvgIpc) is 2.88. The molecule has 1 heterocycles. The summed E-state index contributed by atoms with van der Waals surface area (Å²) >= 11 is 1.74. The molecule has 0 aliphatic rings. The number of nitrogens with one attached hydrogen (secondary N) is 1. The lowest BCUT2D eigenvalue weighted by Crippen LogP contribution is -2.12. The minimum atomic E-state index is 0.563. The number of aromatic nitrogens is 1. The maximum atomic E-state index is 5.26. The highest BCUT2D eigenvalue weighted by Crippen LogP contribution is 2.29. The van der Waals surface area contributed by atoms with E-state index in [2.05, 4.69) is 41.4 Å². The zero-order valence-electron chi connectivity index (χ0n) is 13.1. The van der Waals surface area contributed by atoms with Crippen molar-refractivity contribution in [3.05, 3.63) is 34.8 Å². The van der Waals surface area contributed by atoms with Crippen molar-refractivity contribution >= 4 is 17.0 Å². The first-order valence-corrected chi connectivity index (χ1v) is 7.93. The topological polar surface area (TPSA) is 37.4 Å². The first kappa shape index (κ1) is 15.9. The third kappa shape index (κ3) is 4.03. The molecule has 0 atom stereocenters. The minimum Gasteiger partial charge on any atom is -0.378 e. The Morgan fingerprint density at radius 3 is 2.52 bits per heavy atom. The zero-order chi connectivity index (χ0) is 15.2. The molecule has 2 aromatic rings. The highest BCUT2D eigenvalue weighted by atomic mass is 32.1. The van der Waals surface area contributed by atoms with E-state index >= 15 is 0 Å². The summed E-state index contributed by atoms with van der Waals surface area (Å²) in [6.45, 7) is 4.48. The first-order chi connectivity index (χ1) is 10.2. The number of nitrogens with zero attached hydrogens (tertiary/aromatic N) is 2. The summed E-state index contributed by atoms with van der Waals surface area (Å²) in [6, 6.07) is 8.50. The van der Waals surface area contributed by atoms with Gasteiger partial charge in [0, 0.05) is 43.9 Å². The molecule has 1 N–H and O–H groups in total. The Kier molecular flexibility index (Phi) is 5.73. The third-order valence-corrected chi connectivity index (χ3v) is 4.37. The average molecular weight is 305 g/mol. The van der Waals surface area contributed by atoms with E-state index in [1.54, 1.807) is 18.4 Å². The van der Waals surface area contributed by atoms with Crippen LogP contribution in [0.3, 0.4) is 0 Å². The van der Waals surface area contributed by atoms with Crippen LogP contribution < -0.4 is 10.2 Å². The van der Waals surface area contributed by atoms with E-state index in [0.29, 0.717) is 6.61 Å². The molecule has 1 aromatic carbocycles. The van der Waals surface area contributed by atoms with E-state index in [-0.39, 0.29) is 0 Å². The van der Waals surface area contributed by atoms with Crippen molar-refractivity contribution in [2.45, 2.75) is 20.1 Å². The van der Waals surface area contributed by atoms with Crippen molar-refractivity contribution in [1.82, 2.24) is 10.3 Å². The fourth-order valence-corrected chi connectivity index (χ4v) is 3.07. The normalized spacial score (nSPS) is 10.9. The lowest BCUT2D eigenvalue weighted by atomic mass is 10.2. The molecule has 0 saturated heterocycles. The molecule has 0 saturated carbocycles. The number of hydrogen-bond donors (Lipinski definition) is 1. The largest absolute Gasteiger partial charge is 0.378 e. The number of rotatable bonds is 7. The Balaban J connectivity index is 2.26. The predicted octanol–water partition coefficient (Wildman–Crippen LogP) is 3.13. The number of benzene rings is 1. The second-order valence-electron chi connectivity index (χ2n) is 5.04. The van der Waals surface area contributed by atoms with Gasteiger partial charge in [-0.05, 0) is 30.8 Å². The lowest BCUT2D eigenvalue weighted by molar-refractivity contribution is 0.181. The van der Waals surface area contributed by atoms with Crippen molar-refractivity contribution in [3.63, 3.8) is 0 Å². The van der Waals surface area contributed by atoms with E-state index in [4.69, 9.17) is 9.72 Å². The molecule has 114 valence electrons. The van der Waals surface area contributed by atoms with Gasteiger partial charge in [-0.1, -0.05) is 6.92 Å². The van der Waals surface area contributed by atoms with Gasteiger partial charge < -0.3 is 15.0 Å². The molecular formula is C16H23N3OS. The smallest absolute Gasteiger partial charge is 0.124 e. The molecule has 21 heavy (non-hydrogen) atoms. The van der Waals surface area contributed by atoms with Gasteiger partial charge in [-0.2, -0.15) is 0 Å². The van der Waals surface area contributed by atoms with Crippen LogP contribution in [-0.2, 0) is 17.9 Å². The van der Waals surface area contributed by atoms with Crippen molar-refractivity contribution in [2.24, 2.45) is 0 Å². The highest BCUT2D eigenvalue weighted by molar-refractivity contribution is 7.15. The summed E-state index contributed by atoms with van der Waals surface area (Å²) in [6.07, 6.45) is 0. The summed E-state index contributed by atoms with van der Waals surface area (Å²) < 4.78 is 5.26. The second kappa shape index (κ2) is 7.54. The predicted molar refractivity (Wildman–Crippen MR) is 90.0 cm³/mol. The van der Waals surface area contributed by atoms with Gasteiger partial charge in [0.1, 0.15) is 5.01 Å². The zero-order valence-corrected chi connectivity index (χ0v) is 14.0. The van der Waals surface area contributed by atoms with E-state index < -0.39 is 0 Å². The molecular weight excluding hydrogens is 282 g/mol. The highest BCUT2D eigenvalue weighted by Gasteiger charge is 2.12. The van der Waals surface area contributed by atoms with Crippen molar-refractivity contribution in [3.8, 4) is 10.6 Å². The van der Waals surface area contributed by atoms with Gasteiger partial charge in [0.2, 0.25) is 0 Å². The molecule has 0 unspecified atom stereocenters. The summed E-state index contributed by atoms with van der Waals surface area (Å²) in [5.74, 6) is 0. The lowest BCUT2D eigenvalue weighted by Gasteiger charge is -2.11. The fourth-order valence-electron chi connectivity index (χ4n) is 2.04. The van der Waals surface area contributed by atoms with Crippen molar-refractivity contribution in [1.29, 1.82) is 0 Å². The molecule has 2 rings (SSSR count).